The van der Waals surface area contributed by atoms with E-state index in [1.807, 2.05) is 30.3 Å². The molecule has 0 amide bonds. The number of fused-ring (bicyclic) bond motifs is 1. The second-order valence-electron chi connectivity index (χ2n) is 5.17. The summed E-state index contributed by atoms with van der Waals surface area (Å²) in [5, 5.41) is 13.6. The summed E-state index contributed by atoms with van der Waals surface area (Å²) < 4.78 is 5.80. The maximum atomic E-state index is 9.23. The van der Waals surface area contributed by atoms with E-state index < -0.39 is 0 Å². The van der Waals surface area contributed by atoms with Gasteiger partial charge in [0.05, 0.1) is 12.1 Å². The number of benzene rings is 1. The summed E-state index contributed by atoms with van der Waals surface area (Å²) in [6.07, 6.45) is 2.35. The molecule has 2 aromatic rings. The van der Waals surface area contributed by atoms with Crippen molar-refractivity contribution in [1.82, 2.24) is 10.3 Å². The third-order valence-corrected chi connectivity index (χ3v) is 3.66. The third kappa shape index (κ3) is 2.73. The number of hydrogen-bond donors (Lipinski definition) is 1. The van der Waals surface area contributed by atoms with Crippen molar-refractivity contribution in [3.05, 3.63) is 35.9 Å². The van der Waals surface area contributed by atoms with E-state index in [1.165, 1.54) is 12.8 Å². The van der Waals surface area contributed by atoms with Crippen LogP contribution in [-0.4, -0.2) is 24.7 Å². The highest BCUT2D eigenvalue weighted by atomic mass is 16.5. The first-order chi connectivity index (χ1) is 9.86. The van der Waals surface area contributed by atoms with Gasteiger partial charge >= 0.3 is 0 Å². The van der Waals surface area contributed by atoms with E-state index in [9.17, 15) is 5.26 Å². The van der Waals surface area contributed by atoms with Crippen LogP contribution in [0.2, 0.25) is 0 Å². The number of rotatable bonds is 3. The van der Waals surface area contributed by atoms with Gasteiger partial charge in [0.2, 0.25) is 5.88 Å². The van der Waals surface area contributed by atoms with Gasteiger partial charge in [-0.15, -0.1) is 0 Å². The Balaban J connectivity index is 1.80. The molecule has 2 heterocycles. The van der Waals surface area contributed by atoms with Gasteiger partial charge in [-0.25, -0.2) is 4.98 Å². The summed E-state index contributed by atoms with van der Waals surface area (Å²) in [5.41, 5.74) is 1.37. The summed E-state index contributed by atoms with van der Waals surface area (Å²) in [7, 11) is 0. The van der Waals surface area contributed by atoms with Gasteiger partial charge in [0.25, 0.3) is 0 Å². The van der Waals surface area contributed by atoms with Crippen LogP contribution in [0.5, 0.6) is 5.88 Å². The monoisotopic (exact) mass is 267 g/mol. The Kier molecular flexibility index (Phi) is 3.80. The van der Waals surface area contributed by atoms with Crippen LogP contribution < -0.4 is 10.1 Å². The Morgan fingerprint density at radius 2 is 2.30 bits per heavy atom. The zero-order valence-electron chi connectivity index (χ0n) is 11.3. The normalized spacial score (nSPS) is 18.6. The first-order valence-electron chi connectivity index (χ1n) is 7.00. The highest BCUT2D eigenvalue weighted by Crippen LogP contribution is 2.22. The minimum absolute atomic E-state index is 0.455. The van der Waals surface area contributed by atoms with Gasteiger partial charge < -0.3 is 10.1 Å². The Morgan fingerprint density at radius 3 is 3.10 bits per heavy atom. The first-order valence-corrected chi connectivity index (χ1v) is 7.00. The largest absolute Gasteiger partial charge is 0.476 e. The molecule has 1 aromatic heterocycles. The fourth-order valence-corrected chi connectivity index (χ4v) is 2.55. The van der Waals surface area contributed by atoms with Crippen LogP contribution in [0.25, 0.3) is 10.9 Å². The summed E-state index contributed by atoms with van der Waals surface area (Å²) >= 11 is 0. The Morgan fingerprint density at radius 1 is 1.40 bits per heavy atom. The van der Waals surface area contributed by atoms with E-state index in [2.05, 4.69) is 16.4 Å². The van der Waals surface area contributed by atoms with Gasteiger partial charge in [0.1, 0.15) is 11.6 Å². The maximum Gasteiger partial charge on any atom is 0.232 e. The number of nitrogens with zero attached hydrogens (tertiary/aromatic N) is 2. The van der Waals surface area contributed by atoms with Crippen molar-refractivity contribution in [3.8, 4) is 11.9 Å². The fraction of sp³-hybridized carbons (Fsp3) is 0.375. The van der Waals surface area contributed by atoms with Gasteiger partial charge in [-0.3, -0.25) is 0 Å². The van der Waals surface area contributed by atoms with Crippen molar-refractivity contribution in [2.75, 3.05) is 19.7 Å². The van der Waals surface area contributed by atoms with Crippen LogP contribution >= 0.6 is 0 Å². The Bertz CT molecular complexity index is 642. The molecule has 0 bridgehead atoms. The van der Waals surface area contributed by atoms with Gasteiger partial charge in [-0.1, -0.05) is 18.2 Å². The highest BCUT2D eigenvalue weighted by molar-refractivity contribution is 5.80. The quantitative estimate of drug-likeness (QED) is 0.928. The third-order valence-electron chi connectivity index (χ3n) is 3.66. The molecule has 1 saturated heterocycles. The number of aromatic nitrogens is 1. The molecular weight excluding hydrogens is 250 g/mol. The van der Waals surface area contributed by atoms with Gasteiger partial charge in [0.15, 0.2) is 0 Å². The predicted molar refractivity (Wildman–Crippen MR) is 77.5 cm³/mol. The standard InChI is InChI=1S/C16H17N3O/c17-9-14-8-13-5-1-2-6-15(13)19-16(14)20-11-12-4-3-7-18-10-12/h1-2,5-6,8,12,18H,3-4,7,10-11H2. The molecule has 1 atom stereocenters. The van der Waals surface area contributed by atoms with Gasteiger partial charge in [-0.2, -0.15) is 5.26 Å². The molecule has 1 aliphatic heterocycles. The number of piperidine rings is 1. The molecule has 1 aromatic carbocycles. The maximum absolute atomic E-state index is 9.23. The summed E-state index contributed by atoms with van der Waals surface area (Å²) in [6, 6.07) is 11.8. The van der Waals surface area contributed by atoms with E-state index >= 15 is 0 Å². The van der Waals surface area contributed by atoms with Crippen molar-refractivity contribution < 1.29 is 4.74 Å². The van der Waals surface area contributed by atoms with Gasteiger partial charge in [-0.05, 0) is 31.5 Å². The number of ether oxygens (including phenoxy) is 1. The number of pyridine rings is 1. The lowest BCUT2D eigenvalue weighted by Crippen LogP contribution is -2.33. The molecule has 0 spiro atoms. The van der Waals surface area contributed by atoms with Crippen LogP contribution in [-0.2, 0) is 0 Å². The molecule has 1 aliphatic rings. The van der Waals surface area contributed by atoms with Crippen molar-refractivity contribution in [3.63, 3.8) is 0 Å². The zero-order valence-corrected chi connectivity index (χ0v) is 11.3. The minimum atomic E-state index is 0.455. The molecule has 1 fully saturated rings. The second-order valence-corrected chi connectivity index (χ2v) is 5.17. The molecule has 1 unspecified atom stereocenters. The smallest absolute Gasteiger partial charge is 0.232 e. The van der Waals surface area contributed by atoms with Crippen LogP contribution in [0.1, 0.15) is 18.4 Å². The lowest BCUT2D eigenvalue weighted by atomic mass is 10.0. The molecular formula is C16H17N3O. The van der Waals surface area contributed by atoms with Crippen LogP contribution in [0, 0.1) is 17.2 Å². The second kappa shape index (κ2) is 5.89. The van der Waals surface area contributed by atoms with E-state index in [0.717, 1.165) is 24.0 Å². The molecule has 1 N–H and O–H groups in total. The molecule has 0 saturated carbocycles. The van der Waals surface area contributed by atoms with Crippen molar-refractivity contribution in [2.24, 2.45) is 5.92 Å². The van der Waals surface area contributed by atoms with E-state index in [1.54, 1.807) is 0 Å². The lowest BCUT2D eigenvalue weighted by molar-refractivity contribution is 0.212. The Labute approximate surface area is 118 Å². The lowest BCUT2D eigenvalue weighted by Gasteiger charge is -2.22. The van der Waals surface area contributed by atoms with Crippen LogP contribution in [0.3, 0.4) is 0 Å². The molecule has 20 heavy (non-hydrogen) atoms. The molecule has 102 valence electrons. The molecule has 4 heteroatoms. The van der Waals surface area contributed by atoms with Crippen molar-refractivity contribution in [1.29, 1.82) is 5.26 Å². The zero-order chi connectivity index (χ0) is 13.8. The molecule has 3 rings (SSSR count). The Hall–Kier alpha value is -2.12. The number of nitriles is 1. The summed E-state index contributed by atoms with van der Waals surface area (Å²) in [4.78, 5) is 4.47. The number of nitrogens with one attached hydrogen (secondary N) is 1. The van der Waals surface area contributed by atoms with Crippen molar-refractivity contribution in [2.45, 2.75) is 12.8 Å². The predicted octanol–water partition coefficient (Wildman–Crippen LogP) is 2.48. The summed E-state index contributed by atoms with van der Waals surface area (Å²) in [6.45, 7) is 2.69. The molecule has 0 aliphatic carbocycles. The van der Waals surface area contributed by atoms with Gasteiger partial charge in [0, 0.05) is 17.8 Å². The topological polar surface area (TPSA) is 57.9 Å². The minimum Gasteiger partial charge on any atom is -0.476 e. The van der Waals surface area contributed by atoms with Crippen LogP contribution in [0.15, 0.2) is 30.3 Å². The van der Waals surface area contributed by atoms with E-state index in [4.69, 9.17) is 4.74 Å². The van der Waals surface area contributed by atoms with Crippen LogP contribution in [0.4, 0.5) is 0 Å². The van der Waals surface area contributed by atoms with Crippen molar-refractivity contribution >= 4 is 10.9 Å². The number of para-hydroxylation sites is 1. The van der Waals surface area contributed by atoms with E-state index in [-0.39, 0.29) is 0 Å². The summed E-state index contributed by atoms with van der Waals surface area (Å²) in [5.74, 6) is 0.959. The highest BCUT2D eigenvalue weighted by Gasteiger charge is 2.15. The number of hydrogen-bond acceptors (Lipinski definition) is 4. The molecule has 4 nitrogen and oxygen atoms in total. The average Bonchev–Trinajstić information content (AvgIpc) is 2.53. The average molecular weight is 267 g/mol. The fourth-order valence-electron chi connectivity index (χ4n) is 2.55. The first kappa shape index (κ1) is 12.9. The van der Waals surface area contributed by atoms with E-state index in [0.29, 0.717) is 24.0 Å². The molecule has 0 radical (unpaired) electrons. The SMILES string of the molecule is N#Cc1cc2ccccc2nc1OCC1CCCNC1.